The van der Waals surface area contributed by atoms with Crippen molar-refractivity contribution in [1.29, 1.82) is 10.8 Å². The number of morpholine rings is 1. The van der Waals surface area contributed by atoms with E-state index in [2.05, 4.69) is 10.6 Å². The normalized spacial score (nSPS) is 14.8. The summed E-state index contributed by atoms with van der Waals surface area (Å²) in [4.78, 5) is 1.86. The highest BCUT2D eigenvalue weighted by atomic mass is 16.5. The van der Waals surface area contributed by atoms with Crippen molar-refractivity contribution in [1.82, 2.24) is 10.2 Å². The van der Waals surface area contributed by atoms with E-state index in [0.29, 0.717) is 26.3 Å². The van der Waals surface area contributed by atoms with Crippen LogP contribution in [0.1, 0.15) is 0 Å². The zero-order valence-electron chi connectivity index (χ0n) is 11.0. The Kier molecular flexibility index (Phi) is 4.41. The Hall–Kier alpha value is -2.02. The second-order valence-electron chi connectivity index (χ2n) is 4.44. The predicted molar refractivity (Wildman–Crippen MR) is 79.2 cm³/mol. The molecule has 0 aromatic heterocycles. The third-order valence-electron chi connectivity index (χ3n) is 2.86. The van der Waals surface area contributed by atoms with E-state index < -0.39 is 0 Å². The van der Waals surface area contributed by atoms with Crippen LogP contribution in [-0.4, -0.2) is 51.0 Å². The highest BCUT2D eigenvalue weighted by molar-refractivity contribution is 6.32. The second-order valence-corrected chi connectivity index (χ2v) is 4.44. The van der Waals surface area contributed by atoms with Crippen LogP contribution in [-0.2, 0) is 4.74 Å². The van der Waals surface area contributed by atoms with E-state index in [-0.39, 0.29) is 11.9 Å². The first kappa shape index (κ1) is 13.4. The van der Waals surface area contributed by atoms with Crippen molar-refractivity contribution in [3.63, 3.8) is 0 Å². The van der Waals surface area contributed by atoms with Gasteiger partial charge in [0, 0.05) is 18.8 Å². The number of hydrogen-bond donors (Lipinski definition) is 4. The highest BCUT2D eigenvalue weighted by Gasteiger charge is 2.14. The Balaban J connectivity index is 1.85. The molecule has 0 atom stereocenters. The van der Waals surface area contributed by atoms with Gasteiger partial charge in [-0.1, -0.05) is 17.6 Å². The summed E-state index contributed by atoms with van der Waals surface area (Å²) in [6.45, 7) is 2.62. The lowest BCUT2D eigenvalue weighted by Gasteiger charge is -2.29. The number of anilines is 1. The van der Waals surface area contributed by atoms with Gasteiger partial charge in [-0.05, 0) is 12.1 Å². The lowest BCUT2D eigenvalue weighted by Crippen LogP contribution is -2.49. The summed E-state index contributed by atoms with van der Waals surface area (Å²) in [5.41, 5.74) is 1.97. The zero-order chi connectivity index (χ0) is 13.7. The first-order valence-electron chi connectivity index (χ1n) is 6.25. The molecule has 1 saturated heterocycles. The van der Waals surface area contributed by atoms with Crippen LogP contribution >= 0.6 is 0 Å². The van der Waals surface area contributed by atoms with Gasteiger partial charge >= 0.3 is 0 Å². The van der Waals surface area contributed by atoms with Gasteiger partial charge in [-0.2, -0.15) is 0 Å². The molecule has 0 saturated carbocycles. The van der Waals surface area contributed by atoms with E-state index in [1.165, 1.54) is 0 Å². The van der Waals surface area contributed by atoms with Crippen molar-refractivity contribution in [3.8, 4) is 0 Å². The maximum atomic E-state index is 7.90. The maximum Gasteiger partial charge on any atom is 0.199 e. The third-order valence-corrected chi connectivity index (χ3v) is 2.86. The molecule has 0 spiro atoms. The predicted octanol–water partition coefficient (Wildman–Crippen LogP) is -0.852. The van der Waals surface area contributed by atoms with E-state index >= 15 is 0 Å². The highest BCUT2D eigenvalue weighted by Crippen LogP contribution is 2.02. The fraction of sp³-hybridized carbons (Fsp3) is 0.333. The molecule has 0 unspecified atom stereocenters. The molecule has 1 aliphatic rings. The van der Waals surface area contributed by atoms with Crippen molar-refractivity contribution in [2.45, 2.75) is 0 Å². The Morgan fingerprint density at radius 2 is 2.00 bits per heavy atom. The lowest BCUT2D eigenvalue weighted by molar-refractivity contribution is 0.0667. The largest absolute Gasteiger partial charge is 0.378 e. The molecule has 1 aromatic carbocycles. The van der Waals surface area contributed by atoms with Gasteiger partial charge in [-0.15, -0.1) is 0 Å². The third kappa shape index (κ3) is 3.99. The van der Waals surface area contributed by atoms with Crippen LogP contribution in [0.5, 0.6) is 0 Å². The minimum absolute atomic E-state index is 0.0992. The van der Waals surface area contributed by atoms with E-state index in [9.17, 15) is 0 Å². The van der Waals surface area contributed by atoms with E-state index in [1.807, 2.05) is 37.0 Å². The van der Waals surface area contributed by atoms with Gasteiger partial charge in [0.2, 0.25) is 0 Å². The monoisotopic (exact) mass is 259 g/mol. The van der Waals surface area contributed by atoms with Crippen LogP contribution in [0.2, 0.25) is 0 Å². The number of nitrogens with zero attached hydrogens (tertiary/aromatic N) is 1. The van der Waals surface area contributed by atoms with Crippen molar-refractivity contribution < 1.29 is 4.74 Å². The smallest absolute Gasteiger partial charge is 0.199 e. The van der Waals surface area contributed by atoms with Crippen molar-refractivity contribution in [2.75, 3.05) is 31.6 Å². The SMILES string of the molecule is Bc1cccc(NC(=N)NC(=N)N2CCOCC2)c1. The molecular weight excluding hydrogens is 241 g/mol. The Labute approximate surface area is 113 Å². The summed E-state index contributed by atoms with van der Waals surface area (Å²) >= 11 is 0. The summed E-state index contributed by atoms with van der Waals surface area (Å²) in [6, 6.07) is 7.77. The first-order chi connectivity index (χ1) is 9.15. The van der Waals surface area contributed by atoms with Gasteiger partial charge in [0.1, 0.15) is 7.85 Å². The molecule has 7 heteroatoms. The molecule has 1 aromatic rings. The number of guanidine groups is 2. The molecule has 1 heterocycles. The molecule has 1 aliphatic heterocycles. The molecule has 0 radical (unpaired) electrons. The van der Waals surface area contributed by atoms with E-state index in [1.54, 1.807) is 0 Å². The molecule has 19 heavy (non-hydrogen) atoms. The summed E-state index contributed by atoms with van der Waals surface area (Å²) in [5.74, 6) is 0.329. The molecule has 0 aliphatic carbocycles. The van der Waals surface area contributed by atoms with Crippen molar-refractivity contribution in [2.24, 2.45) is 0 Å². The quantitative estimate of drug-likeness (QED) is 0.301. The lowest BCUT2D eigenvalue weighted by atomic mass is 9.96. The standard InChI is InChI=1S/C12H18BN5O/c13-9-2-1-3-10(8-9)16-11(14)17-12(15)18-4-6-19-7-5-18/h1-3,8H,4-7,13H2,(H4,14,15,16,17). The van der Waals surface area contributed by atoms with Crippen LogP contribution in [0.3, 0.4) is 0 Å². The topological polar surface area (TPSA) is 84.2 Å². The van der Waals surface area contributed by atoms with Crippen LogP contribution in [0.15, 0.2) is 24.3 Å². The molecule has 100 valence electrons. The van der Waals surface area contributed by atoms with Crippen molar-refractivity contribution in [3.05, 3.63) is 24.3 Å². The number of nitrogens with one attached hydrogen (secondary N) is 4. The average Bonchev–Trinajstić information content (AvgIpc) is 2.39. The summed E-state index contributed by atoms with van der Waals surface area (Å²) in [5, 5.41) is 21.4. The van der Waals surface area contributed by atoms with Crippen LogP contribution in [0.25, 0.3) is 0 Å². The summed E-state index contributed by atoms with van der Waals surface area (Å²) in [7, 11) is 2.00. The van der Waals surface area contributed by atoms with Crippen molar-refractivity contribution >= 4 is 30.9 Å². The van der Waals surface area contributed by atoms with Crippen LogP contribution in [0, 0.1) is 10.8 Å². The Morgan fingerprint density at radius 3 is 2.68 bits per heavy atom. The number of ether oxygens (including phenoxy) is 1. The number of hydrogen-bond acceptors (Lipinski definition) is 3. The minimum Gasteiger partial charge on any atom is -0.378 e. The second kappa shape index (κ2) is 6.24. The van der Waals surface area contributed by atoms with Gasteiger partial charge in [-0.25, -0.2) is 0 Å². The molecule has 4 N–H and O–H groups in total. The fourth-order valence-corrected chi connectivity index (χ4v) is 1.88. The minimum atomic E-state index is 0.0992. The van der Waals surface area contributed by atoms with Gasteiger partial charge in [0.25, 0.3) is 0 Å². The van der Waals surface area contributed by atoms with Crippen LogP contribution in [0.4, 0.5) is 5.69 Å². The Morgan fingerprint density at radius 1 is 1.26 bits per heavy atom. The number of rotatable bonds is 1. The van der Waals surface area contributed by atoms with Gasteiger partial charge in [-0.3, -0.25) is 16.1 Å². The zero-order valence-corrected chi connectivity index (χ0v) is 11.0. The first-order valence-corrected chi connectivity index (χ1v) is 6.25. The van der Waals surface area contributed by atoms with Gasteiger partial charge in [0.05, 0.1) is 13.2 Å². The summed E-state index contributed by atoms with van der Waals surface area (Å²) in [6.07, 6.45) is 0. The molecule has 6 nitrogen and oxygen atoms in total. The van der Waals surface area contributed by atoms with E-state index in [4.69, 9.17) is 15.6 Å². The Bertz CT molecular complexity index is 473. The fourth-order valence-electron chi connectivity index (χ4n) is 1.88. The van der Waals surface area contributed by atoms with Crippen LogP contribution < -0.4 is 16.1 Å². The molecule has 1 fully saturated rings. The number of benzene rings is 1. The molecule has 2 rings (SSSR count). The van der Waals surface area contributed by atoms with E-state index in [0.717, 1.165) is 11.2 Å². The van der Waals surface area contributed by atoms with Gasteiger partial charge in [0.15, 0.2) is 11.9 Å². The summed E-state index contributed by atoms with van der Waals surface area (Å²) < 4.78 is 5.23. The molecular formula is C12H18BN5O. The molecule has 0 amide bonds. The molecule has 0 bridgehead atoms. The average molecular weight is 259 g/mol. The maximum absolute atomic E-state index is 7.90. The van der Waals surface area contributed by atoms with Gasteiger partial charge < -0.3 is 15.0 Å².